The number of hydroxylamine groups is 1. The number of nitrogens with zero attached hydrogens (tertiary/aromatic N) is 3. The van der Waals surface area contributed by atoms with Crippen LogP contribution in [0.2, 0.25) is 0 Å². The van der Waals surface area contributed by atoms with Gasteiger partial charge in [0.1, 0.15) is 6.54 Å². The van der Waals surface area contributed by atoms with Crippen LogP contribution in [-0.4, -0.2) is 20.0 Å². The Morgan fingerprint density at radius 3 is 2.32 bits per heavy atom. The fourth-order valence-electron chi connectivity index (χ4n) is 2.34. The van der Waals surface area contributed by atoms with Gasteiger partial charge in [-0.2, -0.15) is 0 Å². The monoisotopic (exact) mass is 291 g/mol. The molecule has 0 fully saturated rings. The fourth-order valence-corrected chi connectivity index (χ4v) is 2.34. The van der Waals surface area contributed by atoms with Gasteiger partial charge in [0.05, 0.1) is 6.33 Å². The van der Waals surface area contributed by atoms with Crippen LogP contribution in [0.25, 0.3) is 0 Å². The summed E-state index contributed by atoms with van der Waals surface area (Å²) in [5, 5.41) is 12.7. The minimum absolute atomic E-state index is 0.333. The normalized spacial score (nSPS) is 12.0. The van der Waals surface area contributed by atoms with Gasteiger partial charge in [-0.25, -0.2) is 9.72 Å². The molecule has 0 unspecified atom stereocenters. The summed E-state index contributed by atoms with van der Waals surface area (Å²) >= 11 is 0. The van der Waals surface area contributed by atoms with E-state index in [0.717, 1.165) is 21.6 Å². The van der Waals surface area contributed by atoms with Crippen molar-refractivity contribution in [1.82, 2.24) is 9.55 Å². The summed E-state index contributed by atoms with van der Waals surface area (Å²) in [6.45, 7) is 0.833. The van der Waals surface area contributed by atoms with E-state index in [9.17, 15) is 5.21 Å². The maximum atomic E-state index is 12.7. The van der Waals surface area contributed by atoms with E-state index in [4.69, 9.17) is 0 Å². The molecule has 0 aliphatic carbocycles. The Kier molecular flexibility index (Phi) is 4.30. The standard InChI is InChI=1S/C18H17N3O/c22-21(13-16-7-3-1-4-8-16)18(14-20-12-11-19-15-20)17-9-5-2-6-10-17/h1-12,15H,13-14H2. The van der Waals surface area contributed by atoms with Crippen molar-refractivity contribution in [2.75, 3.05) is 0 Å². The molecule has 0 N–H and O–H groups in total. The highest BCUT2D eigenvalue weighted by molar-refractivity contribution is 5.96. The summed E-state index contributed by atoms with van der Waals surface area (Å²) in [7, 11) is 0. The molecule has 4 nitrogen and oxygen atoms in total. The highest BCUT2D eigenvalue weighted by Crippen LogP contribution is 2.07. The molecule has 1 aromatic heterocycles. The van der Waals surface area contributed by atoms with E-state index in [0.29, 0.717) is 13.1 Å². The first-order chi connectivity index (χ1) is 10.8. The molecule has 2 aromatic carbocycles. The van der Waals surface area contributed by atoms with Crippen LogP contribution in [0.4, 0.5) is 0 Å². The number of benzene rings is 2. The van der Waals surface area contributed by atoms with Crippen LogP contribution >= 0.6 is 0 Å². The van der Waals surface area contributed by atoms with Gasteiger partial charge in [-0.15, -0.1) is 0 Å². The third-order valence-electron chi connectivity index (χ3n) is 3.47. The largest absolute Gasteiger partial charge is 0.623 e. The number of imidazole rings is 1. The molecule has 0 spiro atoms. The van der Waals surface area contributed by atoms with Crippen LogP contribution in [0.1, 0.15) is 11.1 Å². The summed E-state index contributed by atoms with van der Waals surface area (Å²) in [4.78, 5) is 4.04. The lowest BCUT2D eigenvalue weighted by molar-refractivity contribution is -0.475. The number of hydrogen-bond donors (Lipinski definition) is 0. The van der Waals surface area contributed by atoms with Crippen molar-refractivity contribution in [2.45, 2.75) is 13.1 Å². The van der Waals surface area contributed by atoms with E-state index in [1.807, 2.05) is 71.4 Å². The molecule has 0 aliphatic rings. The Balaban J connectivity index is 1.94. The first-order valence-electron chi connectivity index (χ1n) is 7.18. The van der Waals surface area contributed by atoms with Gasteiger partial charge in [-0.3, -0.25) is 0 Å². The molecular weight excluding hydrogens is 274 g/mol. The first kappa shape index (κ1) is 14.1. The maximum Gasteiger partial charge on any atom is 0.214 e. The lowest BCUT2D eigenvalue weighted by Gasteiger charge is -2.12. The van der Waals surface area contributed by atoms with Crippen LogP contribution in [0.3, 0.4) is 0 Å². The zero-order chi connectivity index (χ0) is 15.2. The Morgan fingerprint density at radius 1 is 1.00 bits per heavy atom. The number of rotatable bonds is 5. The second kappa shape index (κ2) is 6.72. The third kappa shape index (κ3) is 3.41. The van der Waals surface area contributed by atoms with Crippen molar-refractivity contribution in [1.29, 1.82) is 0 Å². The smallest absolute Gasteiger partial charge is 0.214 e. The summed E-state index contributed by atoms with van der Waals surface area (Å²) in [6, 6.07) is 19.5. The molecule has 3 rings (SSSR count). The molecule has 3 aromatic rings. The van der Waals surface area contributed by atoms with E-state index in [1.165, 1.54) is 0 Å². The lowest BCUT2D eigenvalue weighted by atomic mass is 10.1. The highest BCUT2D eigenvalue weighted by Gasteiger charge is 2.14. The van der Waals surface area contributed by atoms with Gasteiger partial charge >= 0.3 is 0 Å². The molecule has 4 heteroatoms. The molecule has 0 saturated heterocycles. The third-order valence-corrected chi connectivity index (χ3v) is 3.47. The second-order valence-corrected chi connectivity index (χ2v) is 5.07. The molecule has 0 amide bonds. The number of aromatic nitrogens is 2. The average molecular weight is 291 g/mol. The van der Waals surface area contributed by atoms with E-state index < -0.39 is 0 Å². The zero-order valence-corrected chi connectivity index (χ0v) is 12.2. The minimum atomic E-state index is 0.333. The molecule has 1 heterocycles. The predicted octanol–water partition coefficient (Wildman–Crippen LogP) is 3.08. The van der Waals surface area contributed by atoms with Crippen LogP contribution in [0.15, 0.2) is 79.4 Å². The SMILES string of the molecule is [O-][N+](Cc1ccccc1)=C(Cn1ccnc1)c1ccccc1. The van der Waals surface area contributed by atoms with E-state index >= 15 is 0 Å². The van der Waals surface area contributed by atoms with Crippen LogP contribution in [0.5, 0.6) is 0 Å². The first-order valence-corrected chi connectivity index (χ1v) is 7.18. The van der Waals surface area contributed by atoms with Crippen LogP contribution in [0, 0.1) is 5.21 Å². The molecule has 0 bridgehead atoms. The van der Waals surface area contributed by atoms with Gasteiger partial charge in [0, 0.05) is 23.5 Å². The highest BCUT2D eigenvalue weighted by atomic mass is 16.5. The Bertz CT molecular complexity index is 735. The van der Waals surface area contributed by atoms with Crippen molar-refractivity contribution < 1.29 is 4.74 Å². The Labute approximate surface area is 129 Å². The van der Waals surface area contributed by atoms with Crippen molar-refractivity contribution in [3.63, 3.8) is 0 Å². The van der Waals surface area contributed by atoms with Crippen molar-refractivity contribution in [3.05, 3.63) is 95.7 Å². The lowest BCUT2D eigenvalue weighted by Crippen LogP contribution is -2.22. The van der Waals surface area contributed by atoms with Gasteiger partial charge in [0.15, 0.2) is 6.54 Å². The minimum Gasteiger partial charge on any atom is -0.623 e. The van der Waals surface area contributed by atoms with Crippen molar-refractivity contribution in [2.24, 2.45) is 0 Å². The molecular formula is C18H17N3O. The molecule has 0 atom stereocenters. The zero-order valence-electron chi connectivity index (χ0n) is 12.2. The van der Waals surface area contributed by atoms with Gasteiger partial charge in [-0.1, -0.05) is 48.5 Å². The van der Waals surface area contributed by atoms with Crippen molar-refractivity contribution in [3.8, 4) is 0 Å². The Hall–Kier alpha value is -2.88. The topological polar surface area (TPSA) is 43.9 Å². The quantitative estimate of drug-likeness (QED) is 0.314. The average Bonchev–Trinajstić information content (AvgIpc) is 3.07. The summed E-state index contributed by atoms with van der Waals surface area (Å²) in [6.07, 6.45) is 5.30. The van der Waals surface area contributed by atoms with Crippen LogP contribution < -0.4 is 0 Å². The van der Waals surface area contributed by atoms with Gasteiger partial charge in [0.25, 0.3) is 0 Å². The summed E-state index contributed by atoms with van der Waals surface area (Å²) < 4.78 is 2.96. The van der Waals surface area contributed by atoms with Gasteiger partial charge in [0.2, 0.25) is 5.71 Å². The molecule has 22 heavy (non-hydrogen) atoms. The van der Waals surface area contributed by atoms with Crippen LogP contribution in [-0.2, 0) is 13.1 Å². The fraction of sp³-hybridized carbons (Fsp3) is 0.111. The molecule has 0 aliphatic heterocycles. The van der Waals surface area contributed by atoms with Gasteiger partial charge in [-0.05, 0) is 12.1 Å². The predicted molar refractivity (Wildman–Crippen MR) is 86.6 cm³/mol. The van der Waals surface area contributed by atoms with E-state index in [1.54, 1.807) is 12.5 Å². The van der Waals surface area contributed by atoms with E-state index in [2.05, 4.69) is 4.98 Å². The summed E-state index contributed by atoms with van der Waals surface area (Å²) in [5.74, 6) is 0. The summed E-state index contributed by atoms with van der Waals surface area (Å²) in [5.41, 5.74) is 2.65. The molecule has 0 saturated carbocycles. The maximum absolute atomic E-state index is 12.7. The van der Waals surface area contributed by atoms with E-state index in [-0.39, 0.29) is 0 Å². The Morgan fingerprint density at radius 2 is 1.68 bits per heavy atom. The second-order valence-electron chi connectivity index (χ2n) is 5.07. The van der Waals surface area contributed by atoms with Crippen molar-refractivity contribution >= 4 is 5.71 Å². The molecule has 0 radical (unpaired) electrons. The number of hydrogen-bond acceptors (Lipinski definition) is 2. The van der Waals surface area contributed by atoms with Gasteiger partial charge < -0.3 is 9.77 Å². The molecule has 110 valence electrons.